The first kappa shape index (κ1) is 16.5. The molecule has 8 nitrogen and oxygen atoms in total. The van der Waals surface area contributed by atoms with Crippen LogP contribution in [0.25, 0.3) is 11.0 Å². The molecule has 1 aliphatic heterocycles. The molecule has 3 aromatic rings. The van der Waals surface area contributed by atoms with Crippen molar-refractivity contribution in [3.8, 4) is 0 Å². The Hall–Kier alpha value is -3.00. The number of benzene rings is 1. The summed E-state index contributed by atoms with van der Waals surface area (Å²) >= 11 is 0. The minimum atomic E-state index is -0.149. The molecule has 0 unspecified atom stereocenters. The van der Waals surface area contributed by atoms with Gasteiger partial charge in [-0.1, -0.05) is 17.3 Å². The first-order valence-electron chi connectivity index (χ1n) is 8.54. The normalized spacial score (nSPS) is 14.5. The van der Waals surface area contributed by atoms with Gasteiger partial charge in [-0.25, -0.2) is 9.97 Å². The fraction of sp³-hybridized carbons (Fsp3) is 0.333. The van der Waals surface area contributed by atoms with Crippen molar-refractivity contribution in [2.75, 3.05) is 31.2 Å². The highest BCUT2D eigenvalue weighted by atomic mass is 16.5. The van der Waals surface area contributed by atoms with E-state index >= 15 is 0 Å². The SMILES string of the molecule is O=C(Cc1noc2ccccc12)NCc1nccc(N2CCOCC2)n1. The number of carbonyl (C=O) groups excluding carboxylic acids is 1. The quantitative estimate of drug-likeness (QED) is 0.739. The Morgan fingerprint density at radius 2 is 2.04 bits per heavy atom. The van der Waals surface area contributed by atoms with Crippen molar-refractivity contribution in [1.82, 2.24) is 20.4 Å². The number of ether oxygens (including phenoxy) is 1. The molecule has 0 radical (unpaired) electrons. The van der Waals surface area contributed by atoms with Crippen LogP contribution >= 0.6 is 0 Å². The molecule has 1 fully saturated rings. The number of nitrogens with zero attached hydrogens (tertiary/aromatic N) is 4. The number of fused-ring (bicyclic) bond motifs is 1. The Kier molecular flexibility index (Phi) is 4.74. The van der Waals surface area contributed by atoms with Crippen LogP contribution in [-0.2, 0) is 22.5 Å². The van der Waals surface area contributed by atoms with E-state index in [9.17, 15) is 4.79 Å². The van der Waals surface area contributed by atoms with Gasteiger partial charge in [0.15, 0.2) is 5.58 Å². The number of nitrogens with one attached hydrogen (secondary N) is 1. The monoisotopic (exact) mass is 353 g/mol. The zero-order valence-electron chi connectivity index (χ0n) is 14.2. The Morgan fingerprint density at radius 3 is 2.92 bits per heavy atom. The molecule has 0 bridgehead atoms. The average molecular weight is 353 g/mol. The molecule has 1 N–H and O–H groups in total. The summed E-state index contributed by atoms with van der Waals surface area (Å²) in [5.41, 5.74) is 1.30. The summed E-state index contributed by atoms with van der Waals surface area (Å²) in [6, 6.07) is 9.36. The second-order valence-corrected chi connectivity index (χ2v) is 6.01. The largest absolute Gasteiger partial charge is 0.378 e. The van der Waals surface area contributed by atoms with Crippen molar-refractivity contribution in [1.29, 1.82) is 0 Å². The van der Waals surface area contributed by atoms with Gasteiger partial charge in [-0.2, -0.15) is 0 Å². The van der Waals surface area contributed by atoms with Gasteiger partial charge in [-0.3, -0.25) is 4.79 Å². The Bertz CT molecular complexity index is 904. The van der Waals surface area contributed by atoms with E-state index in [0.717, 1.165) is 24.3 Å². The van der Waals surface area contributed by atoms with E-state index in [1.54, 1.807) is 6.20 Å². The van der Waals surface area contributed by atoms with Crippen LogP contribution in [0.1, 0.15) is 11.5 Å². The molecule has 1 amide bonds. The molecular formula is C18H19N5O3. The summed E-state index contributed by atoms with van der Waals surface area (Å²) in [7, 11) is 0. The van der Waals surface area contributed by atoms with Crippen LogP contribution in [0.15, 0.2) is 41.1 Å². The molecule has 26 heavy (non-hydrogen) atoms. The minimum absolute atomic E-state index is 0.149. The number of hydrogen-bond acceptors (Lipinski definition) is 7. The summed E-state index contributed by atoms with van der Waals surface area (Å²) in [5, 5.41) is 7.68. The second-order valence-electron chi connectivity index (χ2n) is 6.01. The van der Waals surface area contributed by atoms with E-state index in [-0.39, 0.29) is 18.9 Å². The predicted octanol–water partition coefficient (Wildman–Crippen LogP) is 1.31. The number of carbonyl (C=O) groups is 1. The Labute approximate surface area is 150 Å². The molecule has 134 valence electrons. The van der Waals surface area contributed by atoms with Crippen LogP contribution in [0.4, 0.5) is 5.82 Å². The van der Waals surface area contributed by atoms with Crippen LogP contribution in [0, 0.1) is 0 Å². The molecule has 4 rings (SSSR count). The van der Waals surface area contributed by atoms with Crippen LogP contribution < -0.4 is 10.2 Å². The molecule has 3 heterocycles. The predicted molar refractivity (Wildman–Crippen MR) is 94.6 cm³/mol. The number of amides is 1. The van der Waals surface area contributed by atoms with Crippen molar-refractivity contribution in [2.24, 2.45) is 0 Å². The maximum atomic E-state index is 12.2. The summed E-state index contributed by atoms with van der Waals surface area (Å²) in [6.07, 6.45) is 1.87. The lowest BCUT2D eigenvalue weighted by atomic mass is 10.1. The molecule has 1 saturated heterocycles. The lowest BCUT2D eigenvalue weighted by Gasteiger charge is -2.27. The van der Waals surface area contributed by atoms with Crippen LogP contribution in [0.3, 0.4) is 0 Å². The van der Waals surface area contributed by atoms with Crippen LogP contribution in [-0.4, -0.2) is 47.3 Å². The van der Waals surface area contributed by atoms with Gasteiger partial charge < -0.3 is 19.5 Å². The van der Waals surface area contributed by atoms with E-state index in [4.69, 9.17) is 9.26 Å². The summed E-state index contributed by atoms with van der Waals surface area (Å²) in [6.45, 7) is 3.28. The lowest BCUT2D eigenvalue weighted by Crippen LogP contribution is -2.37. The van der Waals surface area contributed by atoms with Crippen molar-refractivity contribution in [3.63, 3.8) is 0 Å². The smallest absolute Gasteiger partial charge is 0.226 e. The third-order valence-corrected chi connectivity index (χ3v) is 4.25. The maximum absolute atomic E-state index is 12.2. The highest BCUT2D eigenvalue weighted by molar-refractivity contribution is 5.86. The van der Waals surface area contributed by atoms with Gasteiger partial charge >= 0.3 is 0 Å². The zero-order valence-corrected chi connectivity index (χ0v) is 14.2. The molecule has 0 atom stereocenters. The third-order valence-electron chi connectivity index (χ3n) is 4.25. The zero-order chi connectivity index (χ0) is 17.8. The highest BCUT2D eigenvalue weighted by Crippen LogP contribution is 2.18. The van der Waals surface area contributed by atoms with E-state index in [2.05, 4.69) is 25.3 Å². The fourth-order valence-corrected chi connectivity index (χ4v) is 2.90. The molecule has 8 heteroatoms. The number of hydrogen-bond donors (Lipinski definition) is 1. The molecule has 0 aliphatic carbocycles. The van der Waals surface area contributed by atoms with Crippen LogP contribution in [0.2, 0.25) is 0 Å². The number of anilines is 1. The Balaban J connectivity index is 1.37. The Morgan fingerprint density at radius 1 is 1.19 bits per heavy atom. The molecule has 0 spiro atoms. The molecule has 0 saturated carbocycles. The highest BCUT2D eigenvalue weighted by Gasteiger charge is 2.14. The van der Waals surface area contributed by atoms with Gasteiger partial charge in [0.05, 0.1) is 26.2 Å². The molecular weight excluding hydrogens is 334 g/mol. The van der Waals surface area contributed by atoms with E-state index in [1.165, 1.54) is 0 Å². The topological polar surface area (TPSA) is 93.4 Å². The second kappa shape index (κ2) is 7.49. The van der Waals surface area contributed by atoms with Crippen molar-refractivity contribution >= 4 is 22.7 Å². The van der Waals surface area contributed by atoms with Gasteiger partial charge in [-0.15, -0.1) is 0 Å². The fourth-order valence-electron chi connectivity index (χ4n) is 2.90. The van der Waals surface area contributed by atoms with E-state index in [0.29, 0.717) is 30.3 Å². The number of para-hydroxylation sites is 1. The standard InChI is InChI=1S/C18H19N5O3/c24-18(11-14-13-3-1-2-4-15(13)26-22-14)20-12-16-19-6-5-17(21-16)23-7-9-25-10-8-23/h1-6H,7-12H2,(H,20,24). The average Bonchev–Trinajstić information content (AvgIpc) is 3.10. The van der Waals surface area contributed by atoms with Gasteiger partial charge in [0.2, 0.25) is 5.91 Å². The molecule has 2 aromatic heterocycles. The minimum Gasteiger partial charge on any atom is -0.378 e. The lowest BCUT2D eigenvalue weighted by molar-refractivity contribution is -0.120. The van der Waals surface area contributed by atoms with Gasteiger partial charge in [-0.05, 0) is 18.2 Å². The first-order chi connectivity index (χ1) is 12.8. The van der Waals surface area contributed by atoms with Crippen molar-refractivity contribution in [2.45, 2.75) is 13.0 Å². The van der Waals surface area contributed by atoms with E-state index < -0.39 is 0 Å². The van der Waals surface area contributed by atoms with Crippen molar-refractivity contribution in [3.05, 3.63) is 48.0 Å². The maximum Gasteiger partial charge on any atom is 0.226 e. The number of aromatic nitrogens is 3. The van der Waals surface area contributed by atoms with Gasteiger partial charge in [0.25, 0.3) is 0 Å². The van der Waals surface area contributed by atoms with E-state index in [1.807, 2.05) is 30.3 Å². The number of rotatable bonds is 5. The summed E-state index contributed by atoms with van der Waals surface area (Å²) < 4.78 is 10.6. The summed E-state index contributed by atoms with van der Waals surface area (Å²) in [5.74, 6) is 1.28. The van der Waals surface area contributed by atoms with Crippen LogP contribution in [0.5, 0.6) is 0 Å². The molecule has 1 aliphatic rings. The van der Waals surface area contributed by atoms with Gasteiger partial charge in [0, 0.05) is 24.7 Å². The van der Waals surface area contributed by atoms with Gasteiger partial charge in [0.1, 0.15) is 17.3 Å². The number of morpholine rings is 1. The third kappa shape index (κ3) is 3.65. The van der Waals surface area contributed by atoms with Crippen molar-refractivity contribution < 1.29 is 14.1 Å². The first-order valence-corrected chi connectivity index (χ1v) is 8.54. The summed E-state index contributed by atoms with van der Waals surface area (Å²) in [4.78, 5) is 23.2. The molecule has 1 aromatic carbocycles.